The monoisotopic (exact) mass is 376 g/mol. The summed E-state index contributed by atoms with van der Waals surface area (Å²) in [6.45, 7) is 0. The Hall–Kier alpha value is -3.73. The third kappa shape index (κ3) is 4.15. The number of carboxylic acid groups (broad SMARTS) is 1. The number of rotatable bonds is 5. The zero-order valence-electron chi connectivity index (χ0n) is 15.1. The molecule has 140 valence electrons. The second-order valence-corrected chi connectivity index (χ2v) is 6.03. The molecule has 0 saturated carbocycles. The van der Waals surface area contributed by atoms with Gasteiger partial charge in [0.25, 0.3) is 0 Å². The van der Waals surface area contributed by atoms with Gasteiger partial charge in [0.1, 0.15) is 5.82 Å². The van der Waals surface area contributed by atoms with Gasteiger partial charge in [0.05, 0.1) is 18.2 Å². The minimum atomic E-state index is -1.02. The summed E-state index contributed by atoms with van der Waals surface area (Å²) in [5.41, 5.74) is 3.13. The Morgan fingerprint density at radius 3 is 1.82 bits per heavy atom. The van der Waals surface area contributed by atoms with Crippen molar-refractivity contribution in [2.24, 2.45) is 0 Å². The van der Waals surface area contributed by atoms with Crippen LogP contribution in [-0.4, -0.2) is 24.2 Å². The summed E-state index contributed by atoms with van der Waals surface area (Å²) in [5.74, 6) is -1.83. The number of carbonyl (C=O) groups excluding carboxylic acids is 1. The van der Waals surface area contributed by atoms with Crippen molar-refractivity contribution in [3.63, 3.8) is 0 Å². The largest absolute Gasteiger partial charge is 0.478 e. The van der Waals surface area contributed by atoms with Gasteiger partial charge in [-0.25, -0.2) is 14.0 Å². The Morgan fingerprint density at radius 1 is 0.821 bits per heavy atom. The maximum Gasteiger partial charge on any atom is 0.337 e. The molecule has 3 aromatic carbocycles. The lowest BCUT2D eigenvalue weighted by Crippen LogP contribution is -2.01. The van der Waals surface area contributed by atoms with Crippen molar-refractivity contribution < 1.29 is 23.8 Å². The van der Waals surface area contributed by atoms with Crippen LogP contribution in [0.4, 0.5) is 4.39 Å². The number of esters is 1. The normalized spacial score (nSPS) is 11.1. The van der Waals surface area contributed by atoms with Gasteiger partial charge in [-0.05, 0) is 53.1 Å². The average Bonchev–Trinajstić information content (AvgIpc) is 2.73. The third-order valence-corrected chi connectivity index (χ3v) is 4.26. The van der Waals surface area contributed by atoms with Gasteiger partial charge < -0.3 is 9.84 Å². The van der Waals surface area contributed by atoms with Crippen molar-refractivity contribution in [1.82, 2.24) is 0 Å². The summed E-state index contributed by atoms with van der Waals surface area (Å²) in [6.07, 6.45) is 1.69. The van der Waals surface area contributed by atoms with Gasteiger partial charge in [-0.3, -0.25) is 0 Å². The SMILES string of the molecule is COC(=O)c1ccc(C(=Cc2ccccc2F)c2ccc(C(=O)O)cc2)cc1. The summed E-state index contributed by atoms with van der Waals surface area (Å²) < 4.78 is 18.9. The number of carbonyl (C=O) groups is 2. The predicted octanol–water partition coefficient (Wildman–Crippen LogP) is 4.90. The van der Waals surface area contributed by atoms with Crippen LogP contribution in [0.5, 0.6) is 0 Å². The summed E-state index contributed by atoms with van der Waals surface area (Å²) in [5, 5.41) is 9.10. The van der Waals surface area contributed by atoms with E-state index in [0.717, 1.165) is 11.1 Å². The van der Waals surface area contributed by atoms with E-state index in [0.29, 0.717) is 16.7 Å². The Morgan fingerprint density at radius 2 is 1.32 bits per heavy atom. The van der Waals surface area contributed by atoms with Gasteiger partial charge in [-0.2, -0.15) is 0 Å². The van der Waals surface area contributed by atoms with E-state index in [-0.39, 0.29) is 11.4 Å². The topological polar surface area (TPSA) is 63.6 Å². The number of hydrogen-bond acceptors (Lipinski definition) is 3. The van der Waals surface area contributed by atoms with Crippen LogP contribution in [-0.2, 0) is 4.74 Å². The maximum atomic E-state index is 14.2. The lowest BCUT2D eigenvalue weighted by molar-refractivity contribution is 0.0599. The van der Waals surface area contributed by atoms with Crippen molar-refractivity contribution in [3.8, 4) is 0 Å². The molecule has 0 unspecified atom stereocenters. The van der Waals surface area contributed by atoms with E-state index >= 15 is 0 Å². The first-order valence-corrected chi connectivity index (χ1v) is 8.48. The summed E-state index contributed by atoms with van der Waals surface area (Å²) in [7, 11) is 1.31. The van der Waals surface area contributed by atoms with E-state index in [9.17, 15) is 14.0 Å². The standard InChI is InChI=1S/C23H17FO4/c1-28-23(27)18-12-8-16(9-13-18)20(14-19-4-2-3-5-21(19)24)15-6-10-17(11-7-15)22(25)26/h2-14H,1H3,(H,25,26). The van der Waals surface area contributed by atoms with Crippen LogP contribution in [0.1, 0.15) is 37.4 Å². The number of halogens is 1. The highest BCUT2D eigenvalue weighted by Gasteiger charge is 2.11. The van der Waals surface area contributed by atoms with Crippen LogP contribution in [0.25, 0.3) is 11.6 Å². The molecular weight excluding hydrogens is 359 g/mol. The van der Waals surface area contributed by atoms with Gasteiger partial charge in [0.2, 0.25) is 0 Å². The fourth-order valence-electron chi connectivity index (χ4n) is 2.78. The van der Waals surface area contributed by atoms with Crippen molar-refractivity contribution in [2.75, 3.05) is 7.11 Å². The van der Waals surface area contributed by atoms with Gasteiger partial charge >= 0.3 is 11.9 Å². The lowest BCUT2D eigenvalue weighted by Gasteiger charge is -2.11. The first-order valence-electron chi connectivity index (χ1n) is 8.48. The zero-order valence-corrected chi connectivity index (χ0v) is 15.1. The highest BCUT2D eigenvalue weighted by atomic mass is 19.1. The molecule has 0 amide bonds. The molecule has 0 radical (unpaired) electrons. The molecule has 3 aromatic rings. The number of methoxy groups -OCH3 is 1. The van der Waals surface area contributed by atoms with Gasteiger partial charge in [-0.15, -0.1) is 0 Å². The Bertz CT molecular complexity index is 1030. The van der Waals surface area contributed by atoms with Gasteiger partial charge in [0, 0.05) is 5.56 Å². The van der Waals surface area contributed by atoms with Crippen LogP contribution in [0.2, 0.25) is 0 Å². The van der Waals surface area contributed by atoms with Crippen molar-refractivity contribution in [2.45, 2.75) is 0 Å². The molecule has 3 rings (SSSR count). The summed E-state index contributed by atoms with van der Waals surface area (Å²) >= 11 is 0. The van der Waals surface area contributed by atoms with E-state index in [1.807, 2.05) is 0 Å². The molecule has 0 aliphatic carbocycles. The first-order chi connectivity index (χ1) is 13.5. The van der Waals surface area contributed by atoms with E-state index < -0.39 is 11.9 Å². The fraction of sp³-hybridized carbons (Fsp3) is 0.0435. The highest BCUT2D eigenvalue weighted by molar-refractivity contribution is 5.95. The number of ether oxygens (including phenoxy) is 1. The molecule has 0 aliphatic heterocycles. The fourth-order valence-corrected chi connectivity index (χ4v) is 2.78. The summed E-state index contributed by atoms with van der Waals surface area (Å²) in [6, 6.07) is 19.4. The lowest BCUT2D eigenvalue weighted by atomic mass is 9.94. The second kappa shape index (κ2) is 8.31. The van der Waals surface area contributed by atoms with E-state index in [2.05, 4.69) is 0 Å². The third-order valence-electron chi connectivity index (χ3n) is 4.26. The molecule has 0 aromatic heterocycles. The molecule has 1 N–H and O–H groups in total. The zero-order chi connectivity index (χ0) is 20.1. The van der Waals surface area contributed by atoms with Crippen LogP contribution in [0.15, 0.2) is 72.8 Å². The van der Waals surface area contributed by atoms with E-state index in [4.69, 9.17) is 9.84 Å². The Balaban J connectivity index is 2.10. The maximum absolute atomic E-state index is 14.2. The minimum absolute atomic E-state index is 0.162. The van der Waals surface area contributed by atoms with Crippen LogP contribution < -0.4 is 0 Å². The van der Waals surface area contributed by atoms with Crippen molar-refractivity contribution in [1.29, 1.82) is 0 Å². The molecule has 0 spiro atoms. The van der Waals surface area contributed by atoms with Crippen LogP contribution in [0, 0.1) is 5.82 Å². The van der Waals surface area contributed by atoms with Gasteiger partial charge in [0.15, 0.2) is 0 Å². The molecule has 0 bridgehead atoms. The minimum Gasteiger partial charge on any atom is -0.478 e. The molecule has 0 fully saturated rings. The van der Waals surface area contributed by atoms with Crippen molar-refractivity contribution in [3.05, 3.63) is 106 Å². The Labute approximate surface area is 161 Å². The smallest absolute Gasteiger partial charge is 0.337 e. The summed E-state index contributed by atoms with van der Waals surface area (Å²) in [4.78, 5) is 22.8. The van der Waals surface area contributed by atoms with E-state index in [1.165, 1.54) is 25.3 Å². The van der Waals surface area contributed by atoms with Crippen molar-refractivity contribution >= 4 is 23.6 Å². The molecule has 0 saturated heterocycles. The number of aromatic carboxylic acids is 1. The Kier molecular flexibility index (Phi) is 5.65. The van der Waals surface area contributed by atoms with E-state index in [1.54, 1.807) is 60.7 Å². The molecular formula is C23H17FO4. The first kappa shape index (κ1) is 19.0. The molecule has 4 nitrogen and oxygen atoms in total. The average molecular weight is 376 g/mol. The second-order valence-electron chi connectivity index (χ2n) is 6.03. The number of benzene rings is 3. The predicted molar refractivity (Wildman–Crippen MR) is 105 cm³/mol. The van der Waals surface area contributed by atoms with Crippen LogP contribution in [0.3, 0.4) is 0 Å². The number of carboxylic acids is 1. The quantitative estimate of drug-likeness (QED) is 0.508. The number of hydrogen-bond donors (Lipinski definition) is 1. The molecule has 0 atom stereocenters. The van der Waals surface area contributed by atoms with Gasteiger partial charge in [-0.1, -0.05) is 42.5 Å². The molecule has 0 aliphatic rings. The molecule has 28 heavy (non-hydrogen) atoms. The highest BCUT2D eigenvalue weighted by Crippen LogP contribution is 2.28. The molecule has 5 heteroatoms. The van der Waals surface area contributed by atoms with Crippen LogP contribution >= 0.6 is 0 Å². The molecule has 0 heterocycles.